The molecule has 26 heavy (non-hydrogen) atoms. The van der Waals surface area contributed by atoms with Crippen molar-refractivity contribution in [3.05, 3.63) is 62.1 Å². The summed E-state index contributed by atoms with van der Waals surface area (Å²) < 4.78 is 0.743. The summed E-state index contributed by atoms with van der Waals surface area (Å²) in [5.41, 5.74) is 0.406. The Morgan fingerprint density at radius 2 is 1.92 bits per heavy atom. The third kappa shape index (κ3) is 3.61. The summed E-state index contributed by atoms with van der Waals surface area (Å²) in [5, 5.41) is 12.8. The van der Waals surface area contributed by atoms with Crippen molar-refractivity contribution in [3.8, 4) is 5.75 Å². The van der Waals surface area contributed by atoms with Gasteiger partial charge in [-0.1, -0.05) is 45.2 Å². The number of benzene rings is 2. The number of phenols is 1. The van der Waals surface area contributed by atoms with Crippen LogP contribution in [-0.4, -0.2) is 22.0 Å². The second-order valence-electron chi connectivity index (χ2n) is 5.26. The Bertz CT molecular complexity index is 994. The van der Waals surface area contributed by atoms with E-state index in [2.05, 4.69) is 21.2 Å². The second kappa shape index (κ2) is 7.36. The van der Waals surface area contributed by atoms with Gasteiger partial charge in [0.15, 0.2) is 5.11 Å². The summed E-state index contributed by atoms with van der Waals surface area (Å²) in [6, 6.07) is 9.64. The fourth-order valence-corrected chi connectivity index (χ4v) is 3.54. The van der Waals surface area contributed by atoms with Gasteiger partial charge in [0, 0.05) is 15.1 Å². The molecule has 0 saturated carbocycles. The van der Waals surface area contributed by atoms with Crippen LogP contribution in [0.5, 0.6) is 5.75 Å². The zero-order chi connectivity index (χ0) is 19.0. The van der Waals surface area contributed by atoms with Crippen LogP contribution in [0.3, 0.4) is 0 Å². The van der Waals surface area contributed by atoms with E-state index in [1.165, 1.54) is 23.1 Å². The van der Waals surface area contributed by atoms with E-state index in [1.54, 1.807) is 24.3 Å². The summed E-state index contributed by atoms with van der Waals surface area (Å²) in [6.07, 6.45) is 1.22. The highest BCUT2D eigenvalue weighted by Crippen LogP contribution is 2.33. The topological polar surface area (TPSA) is 69.6 Å². The van der Waals surface area contributed by atoms with Crippen LogP contribution in [0.2, 0.25) is 10.0 Å². The van der Waals surface area contributed by atoms with Gasteiger partial charge in [-0.3, -0.25) is 19.8 Å². The Hall–Kier alpha value is -1.93. The fraction of sp³-hybridized carbons (Fsp3) is 0. The Kier molecular flexibility index (Phi) is 5.34. The van der Waals surface area contributed by atoms with Crippen molar-refractivity contribution in [1.82, 2.24) is 5.32 Å². The number of aromatic hydroxyl groups is 1. The average Bonchev–Trinajstić information content (AvgIpc) is 2.55. The SMILES string of the molecule is O=C1NC(=S)N(c2cccc(Br)c2)C(=O)C1=Cc1cc(Cl)cc(Cl)c1O. The molecule has 0 bridgehead atoms. The second-order valence-corrected chi connectivity index (χ2v) is 7.41. The Labute approximate surface area is 172 Å². The maximum atomic E-state index is 12.9. The molecule has 1 fully saturated rings. The molecule has 0 radical (unpaired) electrons. The molecule has 0 spiro atoms. The van der Waals surface area contributed by atoms with Crippen LogP contribution < -0.4 is 10.2 Å². The molecule has 1 aliphatic rings. The number of rotatable bonds is 2. The predicted molar refractivity (Wildman–Crippen MR) is 108 cm³/mol. The predicted octanol–water partition coefficient (Wildman–Crippen LogP) is 4.29. The lowest BCUT2D eigenvalue weighted by atomic mass is 10.1. The van der Waals surface area contributed by atoms with Gasteiger partial charge in [0.1, 0.15) is 11.3 Å². The number of nitrogens with zero attached hydrogens (tertiary/aromatic N) is 1. The first-order valence-corrected chi connectivity index (χ1v) is 9.08. The normalized spacial score (nSPS) is 16.2. The zero-order valence-electron chi connectivity index (χ0n) is 12.8. The number of amides is 2. The van der Waals surface area contributed by atoms with Crippen LogP contribution in [0.15, 0.2) is 46.4 Å². The van der Waals surface area contributed by atoms with Crippen molar-refractivity contribution in [3.63, 3.8) is 0 Å². The number of phenolic OH excluding ortho intramolecular Hbond substituents is 1. The number of halogens is 3. The standard InChI is InChI=1S/C17H9BrCl2N2O3S/c18-9-2-1-3-11(6-9)22-16(25)12(15(24)21-17(22)26)5-8-4-10(19)7-13(20)14(8)23/h1-7,23H,(H,21,24,26). The molecule has 3 rings (SSSR count). The van der Waals surface area contributed by atoms with Crippen molar-refractivity contribution in [2.45, 2.75) is 0 Å². The summed E-state index contributed by atoms with van der Waals surface area (Å²) in [7, 11) is 0. The number of carbonyl (C=O) groups is 2. The van der Waals surface area contributed by atoms with Crippen molar-refractivity contribution in [2.75, 3.05) is 4.90 Å². The minimum atomic E-state index is -0.679. The molecule has 0 atom stereocenters. The molecule has 0 aromatic heterocycles. The van der Waals surface area contributed by atoms with Gasteiger partial charge in [-0.15, -0.1) is 0 Å². The lowest BCUT2D eigenvalue weighted by Gasteiger charge is -2.29. The third-order valence-electron chi connectivity index (χ3n) is 3.53. The van der Waals surface area contributed by atoms with E-state index < -0.39 is 11.8 Å². The van der Waals surface area contributed by atoms with Gasteiger partial charge in [0.05, 0.1) is 10.7 Å². The minimum absolute atomic E-state index is 0.00684. The van der Waals surface area contributed by atoms with E-state index in [0.29, 0.717) is 5.69 Å². The molecule has 2 aromatic rings. The van der Waals surface area contributed by atoms with Crippen LogP contribution in [0.4, 0.5) is 5.69 Å². The third-order valence-corrected chi connectivity index (χ3v) is 4.81. The van der Waals surface area contributed by atoms with Crippen molar-refractivity contribution < 1.29 is 14.7 Å². The Balaban J connectivity index is 2.09. The molecule has 1 heterocycles. The van der Waals surface area contributed by atoms with E-state index in [-0.39, 0.29) is 32.0 Å². The molecule has 2 amide bonds. The summed E-state index contributed by atoms with van der Waals surface area (Å²) in [6.45, 7) is 0. The number of hydrogen-bond acceptors (Lipinski definition) is 4. The molecule has 1 aliphatic heterocycles. The molecule has 1 saturated heterocycles. The average molecular weight is 472 g/mol. The lowest BCUT2D eigenvalue weighted by Crippen LogP contribution is -2.54. The monoisotopic (exact) mass is 470 g/mol. The van der Waals surface area contributed by atoms with Crippen LogP contribution in [-0.2, 0) is 9.59 Å². The molecular formula is C17H9BrCl2N2O3S. The summed E-state index contributed by atoms with van der Waals surface area (Å²) >= 11 is 20.3. The first-order chi connectivity index (χ1) is 12.3. The largest absolute Gasteiger partial charge is 0.506 e. The number of hydrogen-bond donors (Lipinski definition) is 2. The molecule has 5 nitrogen and oxygen atoms in total. The fourth-order valence-electron chi connectivity index (χ4n) is 2.36. The number of nitrogens with one attached hydrogen (secondary N) is 1. The minimum Gasteiger partial charge on any atom is -0.506 e. The van der Waals surface area contributed by atoms with Crippen molar-refractivity contribution in [2.24, 2.45) is 0 Å². The van der Waals surface area contributed by atoms with Crippen LogP contribution in [0, 0.1) is 0 Å². The van der Waals surface area contributed by atoms with Crippen LogP contribution in [0.25, 0.3) is 6.08 Å². The maximum absolute atomic E-state index is 12.9. The van der Waals surface area contributed by atoms with Gasteiger partial charge in [-0.25, -0.2) is 0 Å². The van der Waals surface area contributed by atoms with Crippen molar-refractivity contribution in [1.29, 1.82) is 0 Å². The molecule has 132 valence electrons. The molecule has 0 aliphatic carbocycles. The molecule has 2 aromatic carbocycles. The van der Waals surface area contributed by atoms with Gasteiger partial charge in [0.2, 0.25) is 0 Å². The zero-order valence-corrected chi connectivity index (χ0v) is 16.7. The van der Waals surface area contributed by atoms with Gasteiger partial charge in [-0.05, 0) is 48.6 Å². The number of thiocarbonyl (C=S) groups is 1. The molecule has 2 N–H and O–H groups in total. The van der Waals surface area contributed by atoms with Gasteiger partial charge in [0.25, 0.3) is 11.8 Å². The first-order valence-electron chi connectivity index (χ1n) is 7.13. The van der Waals surface area contributed by atoms with Gasteiger partial charge >= 0.3 is 0 Å². The van der Waals surface area contributed by atoms with E-state index >= 15 is 0 Å². The van der Waals surface area contributed by atoms with Crippen LogP contribution in [0.1, 0.15) is 5.56 Å². The Morgan fingerprint density at radius 3 is 2.62 bits per heavy atom. The lowest BCUT2D eigenvalue weighted by molar-refractivity contribution is -0.122. The molecule has 9 heteroatoms. The first kappa shape index (κ1) is 18.8. The highest BCUT2D eigenvalue weighted by Gasteiger charge is 2.34. The van der Waals surface area contributed by atoms with Crippen LogP contribution >= 0.6 is 51.3 Å². The van der Waals surface area contributed by atoms with Gasteiger partial charge < -0.3 is 5.11 Å². The van der Waals surface area contributed by atoms with E-state index in [0.717, 1.165) is 4.47 Å². The van der Waals surface area contributed by atoms with E-state index in [1.807, 2.05) is 0 Å². The summed E-state index contributed by atoms with van der Waals surface area (Å²) in [4.78, 5) is 26.4. The van der Waals surface area contributed by atoms with Crippen molar-refractivity contribution >= 4 is 80.0 Å². The smallest absolute Gasteiger partial charge is 0.270 e. The van der Waals surface area contributed by atoms with E-state index in [9.17, 15) is 14.7 Å². The summed E-state index contributed by atoms with van der Waals surface area (Å²) in [5.74, 6) is -1.60. The maximum Gasteiger partial charge on any atom is 0.270 e. The number of anilines is 1. The quantitative estimate of drug-likeness (QED) is 0.389. The molecule has 0 unspecified atom stereocenters. The van der Waals surface area contributed by atoms with Gasteiger partial charge in [-0.2, -0.15) is 0 Å². The van der Waals surface area contributed by atoms with E-state index in [4.69, 9.17) is 35.4 Å². The highest BCUT2D eigenvalue weighted by molar-refractivity contribution is 9.10. The molecular weight excluding hydrogens is 463 g/mol. The number of carbonyl (C=O) groups excluding carboxylic acids is 2. The Morgan fingerprint density at radius 1 is 1.19 bits per heavy atom. The highest BCUT2D eigenvalue weighted by atomic mass is 79.9.